The molecule has 3 aliphatic rings. The Morgan fingerprint density at radius 2 is 1.72 bits per heavy atom. The van der Waals surface area contributed by atoms with Crippen molar-refractivity contribution in [1.29, 1.82) is 0 Å². The number of carbonyl (C=O) groups is 2. The van der Waals surface area contributed by atoms with E-state index in [0.717, 1.165) is 49.6 Å². The van der Waals surface area contributed by atoms with Gasteiger partial charge in [-0.2, -0.15) is 4.99 Å². The van der Waals surface area contributed by atoms with E-state index >= 15 is 0 Å². The van der Waals surface area contributed by atoms with Crippen molar-refractivity contribution in [2.24, 2.45) is 28.5 Å². The fourth-order valence-electron chi connectivity index (χ4n) is 6.80. The number of piperazine rings is 1. The minimum Gasteiger partial charge on any atom is -0.463 e. The molecule has 0 radical (unpaired) electrons. The van der Waals surface area contributed by atoms with E-state index in [0.29, 0.717) is 40.8 Å². The van der Waals surface area contributed by atoms with Gasteiger partial charge in [0.1, 0.15) is 5.69 Å². The number of amidine groups is 1. The van der Waals surface area contributed by atoms with Crippen LogP contribution in [-0.4, -0.2) is 72.5 Å². The second-order valence-corrected chi connectivity index (χ2v) is 13.1. The van der Waals surface area contributed by atoms with Crippen molar-refractivity contribution in [3.8, 4) is 11.3 Å². The second-order valence-electron chi connectivity index (χ2n) is 12.7. The molecule has 3 aromatic rings. The van der Waals surface area contributed by atoms with Gasteiger partial charge in [0, 0.05) is 55.6 Å². The quantitative estimate of drug-likeness (QED) is 0.288. The number of halogens is 1. The van der Waals surface area contributed by atoms with Crippen LogP contribution in [0, 0.1) is 17.8 Å². The van der Waals surface area contributed by atoms with Gasteiger partial charge < -0.3 is 25.2 Å². The number of hydrogen-bond donors (Lipinski definition) is 2. The molecule has 4 heterocycles. The molecule has 3 aromatic heterocycles. The van der Waals surface area contributed by atoms with E-state index in [1.54, 1.807) is 24.5 Å². The molecule has 228 valence electrons. The lowest BCUT2D eigenvalue weighted by molar-refractivity contribution is -0.133. The molecular formula is C31H39ClN8O3. The van der Waals surface area contributed by atoms with Crippen LogP contribution in [0.5, 0.6) is 0 Å². The molecule has 0 aromatic carbocycles. The SMILES string of the molecule is CC1CCC(Cn2c(N3[C@H](C)CN(C(=O)C4CC4)C[C@H]3C)nc3cc(/C(N)=N/C(=O)O)nc(-c4cncc(Cl)c4)c32)CC1. The van der Waals surface area contributed by atoms with Crippen LogP contribution in [-0.2, 0) is 11.3 Å². The van der Waals surface area contributed by atoms with Crippen molar-refractivity contribution in [2.75, 3.05) is 18.0 Å². The van der Waals surface area contributed by atoms with Crippen LogP contribution in [0.3, 0.4) is 0 Å². The van der Waals surface area contributed by atoms with Gasteiger partial charge in [0.15, 0.2) is 5.84 Å². The maximum atomic E-state index is 13.0. The van der Waals surface area contributed by atoms with E-state index in [1.807, 2.05) is 4.90 Å². The maximum absolute atomic E-state index is 13.0. The van der Waals surface area contributed by atoms with Crippen LogP contribution < -0.4 is 10.6 Å². The summed E-state index contributed by atoms with van der Waals surface area (Å²) < 4.78 is 2.28. The topological polar surface area (TPSA) is 143 Å². The van der Waals surface area contributed by atoms with E-state index in [2.05, 4.69) is 40.2 Å². The van der Waals surface area contributed by atoms with Crippen LogP contribution in [0.1, 0.15) is 65.0 Å². The number of hydrogen-bond acceptors (Lipinski definition) is 6. The van der Waals surface area contributed by atoms with Crippen LogP contribution in [0.2, 0.25) is 5.02 Å². The first-order valence-electron chi connectivity index (χ1n) is 15.3. The first-order valence-corrected chi connectivity index (χ1v) is 15.6. The molecule has 2 aliphatic carbocycles. The number of carboxylic acid groups (broad SMARTS) is 1. The standard InChI is InChI=1S/C31H39ClN8O3/c1-17-4-6-20(7-5-17)16-39-27-24(36-30(39)40-18(2)14-38(15-19(40)3)29(41)21-8-9-21)11-25(28(33)37-31(42)43)35-26(27)22-10-23(32)13-34-12-22/h10-13,17-21H,4-9,14-16H2,1-3H3,(H2,33,37)(H,42,43)/t17?,18-,19-,20?/m1/s1. The second kappa shape index (κ2) is 11.7. The molecule has 0 spiro atoms. The monoisotopic (exact) mass is 606 g/mol. The number of nitrogens with zero attached hydrogens (tertiary/aromatic N) is 7. The van der Waals surface area contributed by atoms with Gasteiger partial charge in [0.25, 0.3) is 0 Å². The number of imidazole rings is 1. The van der Waals surface area contributed by atoms with Gasteiger partial charge in [0.05, 0.1) is 21.7 Å². The molecule has 1 saturated heterocycles. The third kappa shape index (κ3) is 6.04. The predicted octanol–water partition coefficient (Wildman–Crippen LogP) is 5.19. The van der Waals surface area contributed by atoms with Gasteiger partial charge in [0.2, 0.25) is 11.9 Å². The zero-order valence-corrected chi connectivity index (χ0v) is 25.7. The minimum atomic E-state index is -1.40. The predicted molar refractivity (Wildman–Crippen MR) is 166 cm³/mol. The number of aromatic nitrogens is 4. The largest absolute Gasteiger partial charge is 0.463 e. The number of fused-ring (bicyclic) bond motifs is 1. The molecule has 2 amide bonds. The summed E-state index contributed by atoms with van der Waals surface area (Å²) in [4.78, 5) is 46.6. The number of rotatable bonds is 6. The van der Waals surface area contributed by atoms with Crippen molar-refractivity contribution in [2.45, 2.75) is 77.9 Å². The van der Waals surface area contributed by atoms with E-state index in [1.165, 1.54) is 12.8 Å². The number of pyridine rings is 2. The molecule has 3 fully saturated rings. The number of anilines is 1. The van der Waals surface area contributed by atoms with Gasteiger partial charge in [-0.05, 0) is 63.5 Å². The Bertz CT molecular complexity index is 1560. The average Bonchev–Trinajstić information content (AvgIpc) is 3.75. The summed E-state index contributed by atoms with van der Waals surface area (Å²) in [6, 6.07) is 3.58. The first kappa shape index (κ1) is 29.3. The lowest BCUT2D eigenvalue weighted by Crippen LogP contribution is -2.59. The molecule has 0 unspecified atom stereocenters. The summed E-state index contributed by atoms with van der Waals surface area (Å²) in [5, 5.41) is 9.74. The zero-order valence-electron chi connectivity index (χ0n) is 24.9. The highest BCUT2D eigenvalue weighted by molar-refractivity contribution is 6.30. The Balaban J connectivity index is 1.51. The lowest BCUT2D eigenvalue weighted by atomic mass is 9.83. The van der Waals surface area contributed by atoms with Crippen LogP contribution >= 0.6 is 11.6 Å². The summed E-state index contributed by atoms with van der Waals surface area (Å²) in [5.41, 5.74) is 9.03. The normalized spacial score (nSPS) is 24.9. The van der Waals surface area contributed by atoms with Crippen molar-refractivity contribution in [1.82, 2.24) is 24.4 Å². The van der Waals surface area contributed by atoms with E-state index in [4.69, 9.17) is 27.3 Å². The molecule has 2 saturated carbocycles. The molecule has 0 bridgehead atoms. The number of nitrogens with two attached hydrogens (primary N) is 1. The van der Waals surface area contributed by atoms with Gasteiger partial charge in [-0.15, -0.1) is 0 Å². The molecule has 12 heteroatoms. The number of carbonyl (C=O) groups excluding carboxylic acids is 1. The fourth-order valence-corrected chi connectivity index (χ4v) is 6.98. The lowest BCUT2D eigenvalue weighted by Gasteiger charge is -2.45. The Labute approximate surface area is 256 Å². The van der Waals surface area contributed by atoms with E-state index < -0.39 is 6.09 Å². The number of amides is 2. The Hall–Kier alpha value is -3.73. The van der Waals surface area contributed by atoms with Crippen molar-refractivity contribution < 1.29 is 14.7 Å². The molecule has 2 atom stereocenters. The van der Waals surface area contributed by atoms with Crippen LogP contribution in [0.25, 0.3) is 22.3 Å². The molecule has 3 N–H and O–H groups in total. The van der Waals surface area contributed by atoms with E-state index in [-0.39, 0.29) is 35.4 Å². The van der Waals surface area contributed by atoms with Crippen molar-refractivity contribution in [3.63, 3.8) is 0 Å². The third-order valence-electron chi connectivity index (χ3n) is 9.13. The summed E-state index contributed by atoms with van der Waals surface area (Å²) >= 11 is 6.38. The Kier molecular flexibility index (Phi) is 8.02. The number of aliphatic imine (C=N–C) groups is 1. The zero-order chi connectivity index (χ0) is 30.4. The summed E-state index contributed by atoms with van der Waals surface area (Å²) in [5.74, 6) is 2.25. The summed E-state index contributed by atoms with van der Waals surface area (Å²) in [7, 11) is 0. The highest BCUT2D eigenvalue weighted by Gasteiger charge is 2.40. The van der Waals surface area contributed by atoms with Crippen molar-refractivity contribution in [3.05, 3.63) is 35.2 Å². The van der Waals surface area contributed by atoms with Gasteiger partial charge in [-0.3, -0.25) is 9.78 Å². The molecule has 1 aliphatic heterocycles. The third-order valence-corrected chi connectivity index (χ3v) is 9.33. The average molecular weight is 607 g/mol. The molecule has 43 heavy (non-hydrogen) atoms. The van der Waals surface area contributed by atoms with Crippen LogP contribution in [0.4, 0.5) is 10.7 Å². The summed E-state index contributed by atoms with van der Waals surface area (Å²) in [6.45, 7) is 8.65. The minimum absolute atomic E-state index is 0.0377. The fraction of sp³-hybridized carbons (Fsp3) is 0.548. The van der Waals surface area contributed by atoms with Crippen LogP contribution in [0.15, 0.2) is 29.5 Å². The Morgan fingerprint density at radius 1 is 1.02 bits per heavy atom. The highest BCUT2D eigenvalue weighted by atomic mass is 35.5. The van der Waals surface area contributed by atoms with E-state index in [9.17, 15) is 14.7 Å². The van der Waals surface area contributed by atoms with Gasteiger partial charge in [-0.1, -0.05) is 31.4 Å². The molecule has 6 rings (SSSR count). The smallest absolute Gasteiger partial charge is 0.433 e. The van der Waals surface area contributed by atoms with Gasteiger partial charge >= 0.3 is 6.09 Å². The van der Waals surface area contributed by atoms with Gasteiger partial charge in [-0.25, -0.2) is 14.8 Å². The van der Waals surface area contributed by atoms with Crippen molar-refractivity contribution >= 4 is 46.4 Å². The maximum Gasteiger partial charge on any atom is 0.433 e. The Morgan fingerprint density at radius 3 is 2.35 bits per heavy atom. The highest BCUT2D eigenvalue weighted by Crippen LogP contribution is 2.38. The molecule has 11 nitrogen and oxygen atoms in total. The summed E-state index contributed by atoms with van der Waals surface area (Å²) in [6.07, 6.45) is 8.47. The molecular weight excluding hydrogens is 568 g/mol. The first-order chi connectivity index (χ1) is 20.6.